The van der Waals surface area contributed by atoms with Crippen molar-refractivity contribution in [1.82, 2.24) is 5.32 Å². The summed E-state index contributed by atoms with van der Waals surface area (Å²) >= 11 is 0. The van der Waals surface area contributed by atoms with E-state index >= 15 is 0 Å². The van der Waals surface area contributed by atoms with Crippen molar-refractivity contribution in [2.24, 2.45) is 5.92 Å². The fourth-order valence-electron chi connectivity index (χ4n) is 3.48. The number of carbonyl (C=O) groups is 1. The molecule has 0 spiro atoms. The molecule has 1 aliphatic carbocycles. The zero-order chi connectivity index (χ0) is 15.5. The highest BCUT2D eigenvalue weighted by Crippen LogP contribution is 2.40. The summed E-state index contributed by atoms with van der Waals surface area (Å²) in [7, 11) is 0. The molecule has 2 rings (SSSR count). The van der Waals surface area contributed by atoms with E-state index in [2.05, 4.69) is 50.4 Å². The summed E-state index contributed by atoms with van der Waals surface area (Å²) in [6, 6.07) is 10.5. The highest BCUT2D eigenvalue weighted by molar-refractivity contribution is 5.73. The standard InChI is InChI=1S/C18H27NO2/c1-13(2)11-16(17(20)21)19-15-9-10-18(3,12-15)14-7-5-4-6-8-14/h4-8,13,15-16,19H,9-12H2,1-3H3,(H,20,21)/t15?,16-,18?/m1/s1. The van der Waals surface area contributed by atoms with Crippen LogP contribution in [0.2, 0.25) is 0 Å². The SMILES string of the molecule is CC(C)C[C@@H](NC1CCC(C)(c2ccccc2)C1)C(=O)O. The Morgan fingerprint density at radius 1 is 1.38 bits per heavy atom. The fourth-order valence-corrected chi connectivity index (χ4v) is 3.48. The van der Waals surface area contributed by atoms with E-state index in [4.69, 9.17) is 0 Å². The maximum Gasteiger partial charge on any atom is 0.320 e. The van der Waals surface area contributed by atoms with Crippen LogP contribution in [0.5, 0.6) is 0 Å². The molecule has 0 amide bonds. The Hall–Kier alpha value is -1.35. The number of aliphatic carboxylic acids is 1. The summed E-state index contributed by atoms with van der Waals surface area (Å²) in [6.45, 7) is 6.43. The van der Waals surface area contributed by atoms with Crippen LogP contribution < -0.4 is 5.32 Å². The van der Waals surface area contributed by atoms with Crippen LogP contribution in [0.25, 0.3) is 0 Å². The highest BCUT2D eigenvalue weighted by Gasteiger charge is 2.37. The monoisotopic (exact) mass is 289 g/mol. The van der Waals surface area contributed by atoms with E-state index in [0.717, 1.165) is 19.3 Å². The van der Waals surface area contributed by atoms with Gasteiger partial charge in [-0.3, -0.25) is 4.79 Å². The van der Waals surface area contributed by atoms with Crippen LogP contribution in [0.3, 0.4) is 0 Å². The van der Waals surface area contributed by atoms with E-state index in [1.807, 2.05) is 6.07 Å². The lowest BCUT2D eigenvalue weighted by Crippen LogP contribution is -2.43. The van der Waals surface area contributed by atoms with Crippen molar-refractivity contribution < 1.29 is 9.90 Å². The second-order valence-electron chi connectivity index (χ2n) is 7.05. The van der Waals surface area contributed by atoms with Gasteiger partial charge in [0.15, 0.2) is 0 Å². The van der Waals surface area contributed by atoms with Gasteiger partial charge in [0.1, 0.15) is 6.04 Å². The number of hydrogen-bond acceptors (Lipinski definition) is 2. The highest BCUT2D eigenvalue weighted by atomic mass is 16.4. The van der Waals surface area contributed by atoms with Gasteiger partial charge in [-0.25, -0.2) is 0 Å². The number of hydrogen-bond donors (Lipinski definition) is 2. The molecule has 0 saturated heterocycles. The van der Waals surface area contributed by atoms with Crippen LogP contribution in [0, 0.1) is 5.92 Å². The summed E-state index contributed by atoms with van der Waals surface area (Å²) in [5.74, 6) is -0.336. The largest absolute Gasteiger partial charge is 0.480 e. The first kappa shape index (κ1) is 16.0. The second kappa shape index (κ2) is 6.61. The third-order valence-corrected chi connectivity index (χ3v) is 4.65. The molecular weight excluding hydrogens is 262 g/mol. The molecule has 2 N–H and O–H groups in total. The van der Waals surface area contributed by atoms with Crippen molar-refractivity contribution in [2.45, 2.75) is 64.0 Å². The van der Waals surface area contributed by atoms with Crippen LogP contribution in [0.1, 0.15) is 52.0 Å². The van der Waals surface area contributed by atoms with E-state index in [9.17, 15) is 9.90 Å². The quantitative estimate of drug-likeness (QED) is 0.841. The molecule has 1 saturated carbocycles. The third kappa shape index (κ3) is 4.07. The predicted molar refractivity (Wildman–Crippen MR) is 85.4 cm³/mol. The molecule has 3 nitrogen and oxygen atoms in total. The van der Waals surface area contributed by atoms with Gasteiger partial charge in [0, 0.05) is 6.04 Å². The number of carboxylic acids is 1. The molecule has 1 fully saturated rings. The van der Waals surface area contributed by atoms with E-state index in [-0.39, 0.29) is 5.41 Å². The van der Waals surface area contributed by atoms with Crippen molar-refractivity contribution in [1.29, 1.82) is 0 Å². The first-order valence-corrected chi connectivity index (χ1v) is 7.95. The van der Waals surface area contributed by atoms with E-state index < -0.39 is 12.0 Å². The third-order valence-electron chi connectivity index (χ3n) is 4.65. The molecule has 21 heavy (non-hydrogen) atoms. The van der Waals surface area contributed by atoms with E-state index in [1.165, 1.54) is 5.56 Å². The zero-order valence-corrected chi connectivity index (χ0v) is 13.3. The van der Waals surface area contributed by atoms with Gasteiger partial charge in [0.05, 0.1) is 0 Å². The minimum atomic E-state index is -0.725. The summed E-state index contributed by atoms with van der Waals surface area (Å²) in [5.41, 5.74) is 1.53. The summed E-state index contributed by atoms with van der Waals surface area (Å²) in [4.78, 5) is 11.4. The Morgan fingerprint density at radius 3 is 2.62 bits per heavy atom. The van der Waals surface area contributed by atoms with Crippen molar-refractivity contribution >= 4 is 5.97 Å². The van der Waals surface area contributed by atoms with Gasteiger partial charge in [-0.15, -0.1) is 0 Å². The number of nitrogens with one attached hydrogen (secondary N) is 1. The average Bonchev–Trinajstić information content (AvgIpc) is 2.81. The molecular formula is C18H27NO2. The fraction of sp³-hybridized carbons (Fsp3) is 0.611. The molecule has 2 unspecified atom stereocenters. The molecule has 1 aromatic carbocycles. The molecule has 0 bridgehead atoms. The van der Waals surface area contributed by atoms with Crippen LogP contribution in [-0.4, -0.2) is 23.2 Å². The molecule has 0 heterocycles. The first-order valence-electron chi connectivity index (χ1n) is 7.95. The molecule has 116 valence electrons. The summed E-state index contributed by atoms with van der Waals surface area (Å²) < 4.78 is 0. The lowest BCUT2D eigenvalue weighted by molar-refractivity contribution is -0.140. The first-order chi connectivity index (χ1) is 9.90. The number of benzene rings is 1. The molecule has 1 aromatic rings. The Bertz CT molecular complexity index is 471. The lowest BCUT2D eigenvalue weighted by atomic mass is 9.81. The zero-order valence-electron chi connectivity index (χ0n) is 13.3. The molecule has 0 aromatic heterocycles. The number of carboxylic acid groups (broad SMARTS) is 1. The van der Waals surface area contributed by atoms with Gasteiger partial charge in [-0.2, -0.15) is 0 Å². The normalized spacial score (nSPS) is 27.0. The van der Waals surface area contributed by atoms with Crippen molar-refractivity contribution in [3.05, 3.63) is 35.9 Å². The van der Waals surface area contributed by atoms with Crippen LogP contribution in [0.15, 0.2) is 30.3 Å². The lowest BCUT2D eigenvalue weighted by Gasteiger charge is -2.26. The van der Waals surface area contributed by atoms with Crippen molar-refractivity contribution in [3.8, 4) is 0 Å². The van der Waals surface area contributed by atoms with E-state index in [1.54, 1.807) is 0 Å². The second-order valence-corrected chi connectivity index (χ2v) is 7.05. The minimum Gasteiger partial charge on any atom is -0.480 e. The molecule has 0 radical (unpaired) electrons. The van der Waals surface area contributed by atoms with Crippen molar-refractivity contribution in [3.63, 3.8) is 0 Å². The Kier molecular flexibility index (Phi) is 5.04. The average molecular weight is 289 g/mol. The van der Waals surface area contributed by atoms with Crippen LogP contribution in [0.4, 0.5) is 0 Å². The smallest absolute Gasteiger partial charge is 0.320 e. The Morgan fingerprint density at radius 2 is 2.05 bits per heavy atom. The van der Waals surface area contributed by atoms with Gasteiger partial charge in [-0.1, -0.05) is 51.1 Å². The van der Waals surface area contributed by atoms with Crippen LogP contribution >= 0.6 is 0 Å². The van der Waals surface area contributed by atoms with Gasteiger partial charge in [0.25, 0.3) is 0 Å². The number of rotatable bonds is 6. The maximum atomic E-state index is 11.4. The van der Waals surface area contributed by atoms with Crippen molar-refractivity contribution in [2.75, 3.05) is 0 Å². The van der Waals surface area contributed by atoms with E-state index in [0.29, 0.717) is 18.4 Å². The minimum absolute atomic E-state index is 0.166. The van der Waals surface area contributed by atoms with Crippen LogP contribution in [-0.2, 0) is 10.2 Å². The van der Waals surface area contributed by atoms with Gasteiger partial charge in [-0.05, 0) is 42.6 Å². The maximum absolute atomic E-state index is 11.4. The molecule has 1 aliphatic rings. The predicted octanol–water partition coefficient (Wildman–Crippen LogP) is 3.59. The molecule has 0 aliphatic heterocycles. The topological polar surface area (TPSA) is 49.3 Å². The van der Waals surface area contributed by atoms with Gasteiger partial charge in [0.2, 0.25) is 0 Å². The van der Waals surface area contributed by atoms with Gasteiger partial charge < -0.3 is 10.4 Å². The summed E-state index contributed by atoms with van der Waals surface area (Å²) in [5, 5.41) is 12.7. The Balaban J connectivity index is 2.00. The summed E-state index contributed by atoms with van der Waals surface area (Å²) in [6.07, 6.45) is 3.86. The Labute approximate surface area is 127 Å². The molecule has 3 heteroatoms. The molecule has 3 atom stereocenters. The van der Waals surface area contributed by atoms with Gasteiger partial charge >= 0.3 is 5.97 Å².